The third kappa shape index (κ3) is 3.21. The van der Waals surface area contributed by atoms with Crippen molar-refractivity contribution in [2.45, 2.75) is 12.5 Å². The third-order valence-corrected chi connectivity index (χ3v) is 2.21. The Morgan fingerprint density at radius 2 is 2.12 bits per heavy atom. The van der Waals surface area contributed by atoms with Crippen LogP contribution in [-0.4, -0.2) is 29.4 Å². The highest BCUT2D eigenvalue weighted by atomic mass is 19.1. The van der Waals surface area contributed by atoms with E-state index in [1.165, 1.54) is 0 Å². The zero-order valence-electron chi connectivity index (χ0n) is 9.11. The number of halogens is 2. The van der Waals surface area contributed by atoms with Crippen LogP contribution in [0.4, 0.5) is 8.78 Å². The van der Waals surface area contributed by atoms with Crippen molar-refractivity contribution in [1.82, 2.24) is 0 Å². The molecule has 0 amide bonds. The number of ether oxygens (including phenoxy) is 1. The Bertz CT molecular complexity index is 422. The van der Waals surface area contributed by atoms with Crippen LogP contribution in [0.3, 0.4) is 0 Å². The standard InChI is InChI=1S/C11H12F2O4/c1-7(15)17-6-11(16,5-14)9-3-2-8(12)4-10(9)13/h2-4,14,16H,5-6H2,1H3. The van der Waals surface area contributed by atoms with Gasteiger partial charge >= 0.3 is 5.97 Å². The highest BCUT2D eigenvalue weighted by Gasteiger charge is 2.33. The van der Waals surface area contributed by atoms with Gasteiger partial charge in [-0.25, -0.2) is 8.78 Å². The molecule has 0 aliphatic rings. The van der Waals surface area contributed by atoms with Crippen LogP contribution in [0.5, 0.6) is 0 Å². The summed E-state index contributed by atoms with van der Waals surface area (Å²) in [6.07, 6.45) is 0. The van der Waals surface area contributed by atoms with Gasteiger partial charge in [0.1, 0.15) is 23.8 Å². The van der Waals surface area contributed by atoms with Gasteiger partial charge in [-0.2, -0.15) is 0 Å². The number of benzene rings is 1. The van der Waals surface area contributed by atoms with E-state index < -0.39 is 36.4 Å². The van der Waals surface area contributed by atoms with Crippen molar-refractivity contribution in [3.63, 3.8) is 0 Å². The van der Waals surface area contributed by atoms with E-state index in [0.717, 1.165) is 19.1 Å². The summed E-state index contributed by atoms with van der Waals surface area (Å²) in [6.45, 7) is -0.358. The fourth-order valence-corrected chi connectivity index (χ4v) is 1.30. The van der Waals surface area contributed by atoms with Crippen molar-refractivity contribution >= 4 is 5.97 Å². The molecule has 1 atom stereocenters. The molecule has 6 heteroatoms. The fourth-order valence-electron chi connectivity index (χ4n) is 1.30. The summed E-state index contributed by atoms with van der Waals surface area (Å²) >= 11 is 0. The fraction of sp³-hybridized carbons (Fsp3) is 0.364. The summed E-state index contributed by atoms with van der Waals surface area (Å²) in [5.41, 5.74) is -2.41. The molecular weight excluding hydrogens is 234 g/mol. The molecule has 1 aromatic rings. The van der Waals surface area contributed by atoms with E-state index in [2.05, 4.69) is 4.74 Å². The zero-order chi connectivity index (χ0) is 13.1. The minimum atomic E-state index is -2.08. The lowest BCUT2D eigenvalue weighted by molar-refractivity contribution is -0.152. The Balaban J connectivity index is 3.02. The third-order valence-electron chi connectivity index (χ3n) is 2.21. The maximum Gasteiger partial charge on any atom is 0.302 e. The second-order valence-electron chi connectivity index (χ2n) is 3.59. The van der Waals surface area contributed by atoms with Crippen LogP contribution < -0.4 is 0 Å². The van der Waals surface area contributed by atoms with Crippen LogP contribution >= 0.6 is 0 Å². The van der Waals surface area contributed by atoms with Gasteiger partial charge in [0, 0.05) is 18.6 Å². The number of hydrogen-bond donors (Lipinski definition) is 2. The van der Waals surface area contributed by atoms with Crippen LogP contribution in [0.1, 0.15) is 12.5 Å². The Labute approximate surface area is 96.5 Å². The number of carbonyl (C=O) groups excluding carboxylic acids is 1. The van der Waals surface area contributed by atoms with Gasteiger partial charge in [-0.3, -0.25) is 4.79 Å². The van der Waals surface area contributed by atoms with Crippen molar-refractivity contribution in [3.05, 3.63) is 35.4 Å². The predicted octanol–water partition coefficient (Wildman–Crippen LogP) is 0.708. The van der Waals surface area contributed by atoms with Gasteiger partial charge in [0.05, 0.1) is 6.61 Å². The smallest absolute Gasteiger partial charge is 0.302 e. The van der Waals surface area contributed by atoms with Crippen LogP contribution in [0, 0.1) is 11.6 Å². The van der Waals surface area contributed by atoms with E-state index in [1.54, 1.807) is 0 Å². The van der Waals surface area contributed by atoms with Crippen molar-refractivity contribution in [3.8, 4) is 0 Å². The van der Waals surface area contributed by atoms with Gasteiger partial charge in [-0.05, 0) is 6.07 Å². The summed E-state index contributed by atoms with van der Waals surface area (Å²) in [7, 11) is 0. The molecule has 94 valence electrons. The molecular formula is C11H12F2O4. The van der Waals surface area contributed by atoms with Gasteiger partial charge in [-0.1, -0.05) is 6.07 Å². The topological polar surface area (TPSA) is 66.8 Å². The molecule has 2 N–H and O–H groups in total. The van der Waals surface area contributed by atoms with Gasteiger partial charge in [-0.15, -0.1) is 0 Å². The summed E-state index contributed by atoms with van der Waals surface area (Å²) in [4.78, 5) is 10.6. The second-order valence-corrected chi connectivity index (χ2v) is 3.59. The summed E-state index contributed by atoms with van der Waals surface area (Å²) < 4.78 is 30.6. The number of aliphatic hydroxyl groups is 2. The average molecular weight is 246 g/mol. The normalized spacial score (nSPS) is 14.2. The predicted molar refractivity (Wildman–Crippen MR) is 54.0 cm³/mol. The van der Waals surface area contributed by atoms with Gasteiger partial charge < -0.3 is 14.9 Å². The molecule has 0 aromatic heterocycles. The lowest BCUT2D eigenvalue weighted by Crippen LogP contribution is -2.37. The number of rotatable bonds is 4. The number of carbonyl (C=O) groups is 1. The second kappa shape index (κ2) is 5.20. The zero-order valence-corrected chi connectivity index (χ0v) is 9.11. The van der Waals surface area contributed by atoms with Crippen LogP contribution in [-0.2, 0) is 15.1 Å². The molecule has 1 aromatic carbocycles. The summed E-state index contributed by atoms with van der Waals surface area (Å²) in [6, 6.07) is 2.50. The molecule has 1 unspecified atom stereocenters. The van der Waals surface area contributed by atoms with Gasteiger partial charge in [0.15, 0.2) is 0 Å². The molecule has 1 rings (SSSR count). The molecule has 0 aliphatic heterocycles. The first-order valence-corrected chi connectivity index (χ1v) is 4.81. The first-order chi connectivity index (χ1) is 7.89. The van der Waals surface area contributed by atoms with E-state index in [-0.39, 0.29) is 5.56 Å². The molecule has 0 spiro atoms. The average Bonchev–Trinajstić information content (AvgIpc) is 2.26. The minimum Gasteiger partial charge on any atom is -0.462 e. The quantitative estimate of drug-likeness (QED) is 0.768. The maximum absolute atomic E-state index is 13.4. The number of aliphatic hydroxyl groups excluding tert-OH is 1. The Hall–Kier alpha value is -1.53. The first-order valence-electron chi connectivity index (χ1n) is 4.81. The largest absolute Gasteiger partial charge is 0.462 e. The van der Waals surface area contributed by atoms with Crippen LogP contribution in [0.25, 0.3) is 0 Å². The monoisotopic (exact) mass is 246 g/mol. The molecule has 0 fully saturated rings. The lowest BCUT2D eigenvalue weighted by atomic mass is 9.95. The Kier molecular flexibility index (Phi) is 4.14. The van der Waals surface area contributed by atoms with E-state index in [1.807, 2.05) is 0 Å². The Morgan fingerprint density at radius 3 is 2.59 bits per heavy atom. The van der Waals surface area contributed by atoms with E-state index in [0.29, 0.717) is 6.07 Å². The van der Waals surface area contributed by atoms with Crippen molar-refractivity contribution in [2.24, 2.45) is 0 Å². The number of hydrogen-bond acceptors (Lipinski definition) is 4. The molecule has 0 aliphatic carbocycles. The van der Waals surface area contributed by atoms with Gasteiger partial charge in [0.25, 0.3) is 0 Å². The first kappa shape index (κ1) is 13.5. The van der Waals surface area contributed by atoms with Crippen molar-refractivity contribution in [2.75, 3.05) is 13.2 Å². The van der Waals surface area contributed by atoms with Crippen molar-refractivity contribution < 1.29 is 28.5 Å². The molecule has 0 saturated heterocycles. The van der Waals surface area contributed by atoms with E-state index in [9.17, 15) is 18.7 Å². The Morgan fingerprint density at radius 1 is 1.47 bits per heavy atom. The van der Waals surface area contributed by atoms with Gasteiger partial charge in [0.2, 0.25) is 0 Å². The summed E-state index contributed by atoms with van der Waals surface area (Å²) in [5, 5.41) is 19.0. The molecule has 0 saturated carbocycles. The van der Waals surface area contributed by atoms with Crippen LogP contribution in [0.15, 0.2) is 18.2 Å². The highest BCUT2D eigenvalue weighted by molar-refractivity contribution is 5.66. The molecule has 0 heterocycles. The lowest BCUT2D eigenvalue weighted by Gasteiger charge is -2.26. The summed E-state index contributed by atoms with van der Waals surface area (Å²) in [5.74, 6) is -2.51. The van der Waals surface area contributed by atoms with Crippen LogP contribution in [0.2, 0.25) is 0 Å². The van der Waals surface area contributed by atoms with E-state index >= 15 is 0 Å². The molecule has 4 nitrogen and oxygen atoms in total. The molecule has 0 bridgehead atoms. The minimum absolute atomic E-state index is 0.331. The molecule has 17 heavy (non-hydrogen) atoms. The number of esters is 1. The maximum atomic E-state index is 13.4. The van der Waals surface area contributed by atoms with E-state index in [4.69, 9.17) is 5.11 Å². The highest BCUT2D eigenvalue weighted by Crippen LogP contribution is 2.24. The molecule has 0 radical (unpaired) electrons. The SMILES string of the molecule is CC(=O)OCC(O)(CO)c1ccc(F)cc1F. The van der Waals surface area contributed by atoms with Crippen molar-refractivity contribution in [1.29, 1.82) is 0 Å².